The number of rotatable bonds is 7. The number of anilines is 1. The minimum absolute atomic E-state index is 0.217. The summed E-state index contributed by atoms with van der Waals surface area (Å²) in [5.74, 6) is 0.252. The van der Waals surface area contributed by atoms with Gasteiger partial charge in [0, 0.05) is 47.7 Å². The molecule has 2 unspecified atom stereocenters. The van der Waals surface area contributed by atoms with E-state index >= 15 is 4.39 Å². The topological polar surface area (TPSA) is 66.4 Å². The van der Waals surface area contributed by atoms with Crippen molar-refractivity contribution in [2.24, 2.45) is 0 Å². The molecule has 192 valence electrons. The zero-order valence-electron chi connectivity index (χ0n) is 21.0. The summed E-state index contributed by atoms with van der Waals surface area (Å²) in [6.45, 7) is 3.01. The number of nitrogens with zero attached hydrogens (tertiary/aromatic N) is 5. The number of aromatic nitrogens is 3. The highest BCUT2D eigenvalue weighted by molar-refractivity contribution is 6.36. The number of halogens is 2. The highest BCUT2D eigenvalue weighted by atomic mass is 35.5. The third kappa shape index (κ3) is 4.81. The first-order chi connectivity index (χ1) is 18.0. The lowest BCUT2D eigenvalue weighted by Gasteiger charge is -2.34. The number of hydrogen-bond acceptors (Lipinski definition) is 7. The lowest BCUT2D eigenvalue weighted by Crippen LogP contribution is -2.51. The van der Waals surface area contributed by atoms with E-state index in [0.717, 1.165) is 49.7 Å². The smallest absolute Gasteiger partial charge is 0.320 e. The molecule has 9 heteroatoms. The standard InChI is InChI=1S/C28H30ClFN6O/c1-35(2)12-5-13-37-28-33-26-21(27(34-28)36-15-18-10-11-19(16-36)31-18)14-23(30)25(32-26)20-8-3-6-17-7-4-9-22(29)24(17)20/h3-4,6-9,14,18-19,31H,5,10-13,15-16H2,1-2H3. The largest absolute Gasteiger partial charge is 0.463 e. The predicted molar refractivity (Wildman–Crippen MR) is 146 cm³/mol. The molecule has 2 aliphatic heterocycles. The number of piperazine rings is 1. The van der Waals surface area contributed by atoms with E-state index in [0.29, 0.717) is 46.1 Å². The van der Waals surface area contributed by atoms with Gasteiger partial charge in [-0.05, 0) is 50.9 Å². The molecule has 2 atom stereocenters. The number of nitrogens with one attached hydrogen (secondary N) is 1. The van der Waals surface area contributed by atoms with Crippen LogP contribution in [-0.2, 0) is 0 Å². The van der Waals surface area contributed by atoms with Gasteiger partial charge >= 0.3 is 6.01 Å². The Morgan fingerprint density at radius 3 is 2.59 bits per heavy atom. The molecule has 4 heterocycles. The second-order valence-electron chi connectivity index (χ2n) is 10.2. The van der Waals surface area contributed by atoms with Crippen molar-refractivity contribution in [3.63, 3.8) is 0 Å². The third-order valence-electron chi connectivity index (χ3n) is 7.21. The summed E-state index contributed by atoms with van der Waals surface area (Å²) in [5.41, 5.74) is 1.27. The molecule has 1 N–H and O–H groups in total. The average molecular weight is 521 g/mol. The van der Waals surface area contributed by atoms with Crippen molar-refractivity contribution in [1.29, 1.82) is 0 Å². The van der Waals surface area contributed by atoms with Crippen LogP contribution < -0.4 is 15.0 Å². The highest BCUT2D eigenvalue weighted by Gasteiger charge is 2.34. The van der Waals surface area contributed by atoms with Gasteiger partial charge in [-0.1, -0.05) is 41.9 Å². The first-order valence-corrected chi connectivity index (χ1v) is 13.2. The molecule has 4 aromatic rings. The SMILES string of the molecule is CN(C)CCCOc1nc(N2CC3CCC(C2)N3)c2cc(F)c(-c3cccc4cccc(Cl)c34)nc2n1. The summed E-state index contributed by atoms with van der Waals surface area (Å²) < 4.78 is 21.8. The van der Waals surface area contributed by atoms with Crippen LogP contribution in [0.2, 0.25) is 5.02 Å². The molecule has 6 rings (SSSR count). The van der Waals surface area contributed by atoms with Crippen LogP contribution in [0.5, 0.6) is 6.01 Å². The van der Waals surface area contributed by atoms with Crippen LogP contribution in [0, 0.1) is 5.82 Å². The van der Waals surface area contributed by atoms with Crippen LogP contribution in [0.3, 0.4) is 0 Å². The average Bonchev–Trinajstić information content (AvgIpc) is 3.23. The van der Waals surface area contributed by atoms with Crippen molar-refractivity contribution < 1.29 is 9.13 Å². The lowest BCUT2D eigenvalue weighted by atomic mass is 10.0. The van der Waals surface area contributed by atoms with Crippen molar-refractivity contribution in [3.05, 3.63) is 53.3 Å². The summed E-state index contributed by atoms with van der Waals surface area (Å²) in [5, 5.41) is 6.49. The second kappa shape index (κ2) is 10.0. The van der Waals surface area contributed by atoms with Crippen molar-refractivity contribution >= 4 is 39.2 Å². The number of ether oxygens (including phenoxy) is 1. The first-order valence-electron chi connectivity index (χ1n) is 12.8. The van der Waals surface area contributed by atoms with Gasteiger partial charge in [0.05, 0.1) is 12.0 Å². The van der Waals surface area contributed by atoms with Gasteiger partial charge < -0.3 is 19.9 Å². The van der Waals surface area contributed by atoms with Crippen LogP contribution in [0.25, 0.3) is 33.1 Å². The van der Waals surface area contributed by atoms with E-state index in [1.165, 1.54) is 6.07 Å². The Kier molecular flexibility index (Phi) is 6.56. The number of fused-ring (bicyclic) bond motifs is 4. The summed E-state index contributed by atoms with van der Waals surface area (Å²) in [4.78, 5) is 18.5. The first kappa shape index (κ1) is 24.3. The van der Waals surface area contributed by atoms with Gasteiger partial charge in [0.1, 0.15) is 17.3 Å². The maximum absolute atomic E-state index is 15.8. The predicted octanol–water partition coefficient (Wildman–Crippen LogP) is 4.91. The van der Waals surface area contributed by atoms with Gasteiger partial charge in [0.2, 0.25) is 0 Å². The van der Waals surface area contributed by atoms with E-state index in [4.69, 9.17) is 26.3 Å². The van der Waals surface area contributed by atoms with Gasteiger partial charge in [-0.15, -0.1) is 0 Å². The molecule has 0 amide bonds. The molecule has 37 heavy (non-hydrogen) atoms. The van der Waals surface area contributed by atoms with E-state index in [-0.39, 0.29) is 11.7 Å². The summed E-state index contributed by atoms with van der Waals surface area (Å²) in [7, 11) is 4.06. The fourth-order valence-corrected chi connectivity index (χ4v) is 5.78. The van der Waals surface area contributed by atoms with E-state index in [1.54, 1.807) is 0 Å². The zero-order valence-corrected chi connectivity index (χ0v) is 21.8. The van der Waals surface area contributed by atoms with Crippen LogP contribution in [0.15, 0.2) is 42.5 Å². The van der Waals surface area contributed by atoms with Crippen molar-refractivity contribution in [1.82, 2.24) is 25.2 Å². The van der Waals surface area contributed by atoms with Crippen LogP contribution in [-0.4, -0.2) is 72.3 Å². The molecule has 0 spiro atoms. The molecule has 2 aromatic heterocycles. The minimum atomic E-state index is -0.428. The Balaban J connectivity index is 1.46. The van der Waals surface area contributed by atoms with Gasteiger partial charge in [-0.3, -0.25) is 0 Å². The van der Waals surface area contributed by atoms with E-state index in [1.807, 2.05) is 50.5 Å². The molecule has 2 bridgehead atoms. The van der Waals surface area contributed by atoms with E-state index in [2.05, 4.69) is 20.1 Å². The van der Waals surface area contributed by atoms with Crippen LogP contribution >= 0.6 is 11.6 Å². The molecular weight excluding hydrogens is 491 g/mol. The van der Waals surface area contributed by atoms with Crippen molar-refractivity contribution in [2.45, 2.75) is 31.3 Å². The fourth-order valence-electron chi connectivity index (χ4n) is 5.50. The second-order valence-corrected chi connectivity index (χ2v) is 10.6. The maximum Gasteiger partial charge on any atom is 0.320 e. The molecule has 0 saturated carbocycles. The molecule has 2 fully saturated rings. The quantitative estimate of drug-likeness (QED) is 0.347. The molecule has 2 aliphatic rings. The number of benzene rings is 2. The Morgan fingerprint density at radius 1 is 1.08 bits per heavy atom. The number of hydrogen-bond donors (Lipinski definition) is 1. The third-order valence-corrected chi connectivity index (χ3v) is 7.52. The molecule has 0 aliphatic carbocycles. The maximum atomic E-state index is 15.8. The van der Waals surface area contributed by atoms with Crippen molar-refractivity contribution in [3.8, 4) is 17.3 Å². The molecular formula is C28H30ClFN6O. The zero-order chi connectivity index (χ0) is 25.5. The molecule has 2 aromatic carbocycles. The fraction of sp³-hybridized carbons (Fsp3) is 0.393. The Bertz CT molecular complexity index is 1450. The van der Waals surface area contributed by atoms with E-state index in [9.17, 15) is 0 Å². The molecule has 0 radical (unpaired) electrons. The van der Waals surface area contributed by atoms with E-state index < -0.39 is 5.82 Å². The molecule has 2 saturated heterocycles. The monoisotopic (exact) mass is 520 g/mol. The van der Waals surface area contributed by atoms with Gasteiger partial charge in [-0.2, -0.15) is 9.97 Å². The Hall–Kier alpha value is -3.07. The van der Waals surface area contributed by atoms with Crippen molar-refractivity contribution in [2.75, 3.05) is 45.2 Å². The Morgan fingerprint density at radius 2 is 1.84 bits per heavy atom. The normalized spacial score (nSPS) is 19.3. The summed E-state index contributed by atoms with van der Waals surface area (Å²) in [6, 6.07) is 14.0. The summed E-state index contributed by atoms with van der Waals surface area (Å²) in [6.07, 6.45) is 3.12. The van der Waals surface area contributed by atoms with Crippen LogP contribution in [0.4, 0.5) is 10.2 Å². The van der Waals surface area contributed by atoms with Gasteiger partial charge in [-0.25, -0.2) is 9.37 Å². The molecule has 7 nitrogen and oxygen atoms in total. The van der Waals surface area contributed by atoms with Crippen LogP contribution in [0.1, 0.15) is 19.3 Å². The van der Waals surface area contributed by atoms with Gasteiger partial charge in [0.15, 0.2) is 5.65 Å². The highest BCUT2D eigenvalue weighted by Crippen LogP contribution is 2.37. The Labute approximate surface area is 220 Å². The van der Waals surface area contributed by atoms with Gasteiger partial charge in [0.25, 0.3) is 0 Å². The number of pyridine rings is 1. The lowest BCUT2D eigenvalue weighted by molar-refractivity contribution is 0.264. The minimum Gasteiger partial charge on any atom is -0.463 e. The summed E-state index contributed by atoms with van der Waals surface area (Å²) >= 11 is 6.55.